The first-order valence-electron chi connectivity index (χ1n) is 5.21. The van der Waals surface area contributed by atoms with Crippen LogP contribution in [0, 0.1) is 0 Å². The van der Waals surface area contributed by atoms with Gasteiger partial charge in [-0.2, -0.15) is 0 Å². The molecule has 1 rings (SSSR count). The summed E-state index contributed by atoms with van der Waals surface area (Å²) < 4.78 is 30.2. The number of hydrogen-bond donors (Lipinski definition) is 1. The lowest BCUT2D eigenvalue weighted by molar-refractivity contribution is -0.137. The molecule has 0 fully saturated rings. The average molecular weight is 244 g/mol. The van der Waals surface area contributed by atoms with Gasteiger partial charge in [0.05, 0.1) is 12.7 Å². The van der Waals surface area contributed by atoms with E-state index >= 15 is 0 Å². The van der Waals surface area contributed by atoms with Gasteiger partial charge in [0.1, 0.15) is 5.75 Å². The number of carboxylic acid groups (broad SMARTS) is 1. The molecule has 0 radical (unpaired) electrons. The second-order valence-corrected chi connectivity index (χ2v) is 3.62. The van der Waals surface area contributed by atoms with E-state index in [1.165, 1.54) is 19.2 Å². The molecule has 1 aromatic rings. The smallest absolute Gasteiger partial charge is 0.303 e. The van der Waals surface area contributed by atoms with Crippen molar-refractivity contribution in [3.05, 3.63) is 29.3 Å². The Morgan fingerprint density at radius 2 is 2.18 bits per heavy atom. The van der Waals surface area contributed by atoms with Crippen LogP contribution >= 0.6 is 0 Å². The minimum atomic E-state index is -2.59. The molecule has 17 heavy (non-hydrogen) atoms. The summed E-state index contributed by atoms with van der Waals surface area (Å²) in [6, 6.07) is 4.52. The molecule has 0 bridgehead atoms. The lowest BCUT2D eigenvalue weighted by Gasteiger charge is -2.09. The quantitative estimate of drug-likeness (QED) is 0.836. The van der Waals surface area contributed by atoms with Crippen LogP contribution in [-0.2, 0) is 11.2 Å². The summed E-state index contributed by atoms with van der Waals surface area (Å²) in [4.78, 5) is 10.3. The van der Waals surface area contributed by atoms with E-state index < -0.39 is 12.4 Å². The summed E-state index contributed by atoms with van der Waals surface area (Å²) in [6.07, 6.45) is -1.65. The predicted molar refractivity (Wildman–Crippen MR) is 58.5 cm³/mol. The molecule has 1 N–H and O–H groups in total. The van der Waals surface area contributed by atoms with Gasteiger partial charge in [0.2, 0.25) is 0 Å². The number of aryl methyl sites for hydroxylation is 1. The van der Waals surface area contributed by atoms with Crippen molar-refractivity contribution in [2.75, 3.05) is 7.11 Å². The first-order valence-corrected chi connectivity index (χ1v) is 5.21. The van der Waals surface area contributed by atoms with Gasteiger partial charge in [0.25, 0.3) is 6.43 Å². The van der Waals surface area contributed by atoms with E-state index in [1.807, 2.05) is 0 Å². The van der Waals surface area contributed by atoms with Crippen LogP contribution in [0.15, 0.2) is 18.2 Å². The standard InChI is InChI=1S/C12H14F2O3/c1-17-10-6-5-8(3-2-4-11(15)16)7-9(10)12(13)14/h5-7,12H,2-4H2,1H3,(H,15,16). The molecule has 0 saturated carbocycles. The molecule has 0 aliphatic rings. The Morgan fingerprint density at radius 3 is 2.71 bits per heavy atom. The maximum Gasteiger partial charge on any atom is 0.303 e. The summed E-state index contributed by atoms with van der Waals surface area (Å²) in [5.74, 6) is -0.727. The maximum atomic E-state index is 12.7. The SMILES string of the molecule is COc1ccc(CCCC(=O)O)cc1C(F)F. The Bertz CT molecular complexity index is 391. The highest BCUT2D eigenvalue weighted by atomic mass is 19.3. The Labute approximate surface area is 98.0 Å². The van der Waals surface area contributed by atoms with Gasteiger partial charge in [-0.15, -0.1) is 0 Å². The summed E-state index contributed by atoms with van der Waals surface area (Å²) in [6.45, 7) is 0. The highest BCUT2D eigenvalue weighted by Gasteiger charge is 2.14. The van der Waals surface area contributed by atoms with E-state index in [0.29, 0.717) is 18.4 Å². The number of rotatable bonds is 6. The summed E-state index contributed by atoms with van der Waals surface area (Å²) >= 11 is 0. The fraction of sp³-hybridized carbons (Fsp3) is 0.417. The van der Waals surface area contributed by atoms with Gasteiger partial charge in [-0.1, -0.05) is 6.07 Å². The van der Waals surface area contributed by atoms with Crippen molar-refractivity contribution in [3.63, 3.8) is 0 Å². The molecule has 1 aromatic carbocycles. The third-order valence-electron chi connectivity index (χ3n) is 2.39. The predicted octanol–water partition coefficient (Wildman–Crippen LogP) is 3.04. The number of hydrogen-bond acceptors (Lipinski definition) is 2. The first-order chi connectivity index (χ1) is 8.04. The Hall–Kier alpha value is -1.65. The second kappa shape index (κ2) is 6.18. The first kappa shape index (κ1) is 13.4. The van der Waals surface area contributed by atoms with E-state index in [0.717, 1.165) is 0 Å². The number of halogens is 2. The number of ether oxygens (including phenoxy) is 1. The molecular weight excluding hydrogens is 230 g/mol. The fourth-order valence-corrected chi connectivity index (χ4v) is 1.55. The van der Waals surface area contributed by atoms with Gasteiger partial charge >= 0.3 is 5.97 Å². The van der Waals surface area contributed by atoms with Crippen molar-refractivity contribution >= 4 is 5.97 Å². The van der Waals surface area contributed by atoms with Crippen molar-refractivity contribution in [3.8, 4) is 5.75 Å². The van der Waals surface area contributed by atoms with Gasteiger partial charge in [-0.05, 0) is 30.5 Å². The van der Waals surface area contributed by atoms with Crippen LogP contribution in [-0.4, -0.2) is 18.2 Å². The van der Waals surface area contributed by atoms with Crippen molar-refractivity contribution in [1.82, 2.24) is 0 Å². The van der Waals surface area contributed by atoms with Gasteiger partial charge in [-0.3, -0.25) is 4.79 Å². The molecule has 0 amide bonds. The van der Waals surface area contributed by atoms with Gasteiger partial charge in [-0.25, -0.2) is 8.78 Å². The summed E-state index contributed by atoms with van der Waals surface area (Å²) in [5, 5.41) is 8.48. The van der Waals surface area contributed by atoms with Gasteiger partial charge < -0.3 is 9.84 Å². The molecule has 0 aliphatic carbocycles. The van der Waals surface area contributed by atoms with Crippen LogP contribution in [0.5, 0.6) is 5.75 Å². The van der Waals surface area contributed by atoms with E-state index in [2.05, 4.69) is 0 Å². The largest absolute Gasteiger partial charge is 0.496 e. The van der Waals surface area contributed by atoms with E-state index in [9.17, 15) is 13.6 Å². The minimum Gasteiger partial charge on any atom is -0.496 e. The van der Waals surface area contributed by atoms with Crippen LogP contribution in [0.1, 0.15) is 30.4 Å². The second-order valence-electron chi connectivity index (χ2n) is 3.62. The van der Waals surface area contributed by atoms with E-state index in [1.54, 1.807) is 6.07 Å². The van der Waals surface area contributed by atoms with Crippen LogP contribution in [0.2, 0.25) is 0 Å². The molecule has 5 heteroatoms. The maximum absolute atomic E-state index is 12.7. The lowest BCUT2D eigenvalue weighted by atomic mass is 10.0. The van der Waals surface area contributed by atoms with E-state index in [4.69, 9.17) is 9.84 Å². The topological polar surface area (TPSA) is 46.5 Å². The van der Waals surface area contributed by atoms with Crippen LogP contribution in [0.4, 0.5) is 8.78 Å². The lowest BCUT2D eigenvalue weighted by Crippen LogP contribution is -1.98. The molecular formula is C12H14F2O3. The molecule has 0 heterocycles. The minimum absolute atomic E-state index is 0.0377. The van der Waals surface area contributed by atoms with Crippen LogP contribution in [0.3, 0.4) is 0 Å². The molecule has 0 aromatic heterocycles. The normalized spacial score (nSPS) is 10.6. The zero-order valence-corrected chi connectivity index (χ0v) is 9.45. The number of methoxy groups -OCH3 is 1. The molecule has 0 unspecified atom stereocenters. The average Bonchev–Trinajstić information content (AvgIpc) is 2.28. The van der Waals surface area contributed by atoms with Crippen molar-refractivity contribution in [2.45, 2.75) is 25.7 Å². The number of carboxylic acids is 1. The van der Waals surface area contributed by atoms with Crippen LogP contribution < -0.4 is 4.74 Å². The molecule has 0 aliphatic heterocycles. The van der Waals surface area contributed by atoms with Gasteiger partial charge in [0, 0.05) is 6.42 Å². The Kier molecular flexibility index (Phi) is 4.87. The van der Waals surface area contributed by atoms with Crippen molar-refractivity contribution < 1.29 is 23.4 Å². The molecule has 3 nitrogen and oxygen atoms in total. The number of aliphatic carboxylic acids is 1. The molecule has 0 spiro atoms. The summed E-state index contributed by atoms with van der Waals surface area (Å²) in [5.41, 5.74) is 0.544. The highest BCUT2D eigenvalue weighted by molar-refractivity contribution is 5.66. The van der Waals surface area contributed by atoms with Crippen molar-refractivity contribution in [2.24, 2.45) is 0 Å². The van der Waals surface area contributed by atoms with Crippen molar-refractivity contribution in [1.29, 1.82) is 0 Å². The Balaban J connectivity index is 2.74. The monoisotopic (exact) mass is 244 g/mol. The summed E-state index contributed by atoms with van der Waals surface area (Å²) in [7, 11) is 1.34. The van der Waals surface area contributed by atoms with Gasteiger partial charge in [0.15, 0.2) is 0 Å². The third kappa shape index (κ3) is 4.01. The number of alkyl halides is 2. The van der Waals surface area contributed by atoms with Crippen LogP contribution in [0.25, 0.3) is 0 Å². The zero-order valence-electron chi connectivity index (χ0n) is 9.45. The van der Waals surface area contributed by atoms with E-state index in [-0.39, 0.29) is 17.7 Å². The molecule has 94 valence electrons. The molecule has 0 saturated heterocycles. The zero-order chi connectivity index (χ0) is 12.8. The molecule has 0 atom stereocenters. The number of benzene rings is 1. The fourth-order valence-electron chi connectivity index (χ4n) is 1.55. The third-order valence-corrected chi connectivity index (χ3v) is 2.39. The Morgan fingerprint density at radius 1 is 1.47 bits per heavy atom. The number of carbonyl (C=O) groups is 1. The highest BCUT2D eigenvalue weighted by Crippen LogP contribution is 2.30.